The normalized spacial score (nSPS) is 23.4. The van der Waals surface area contributed by atoms with Crippen LogP contribution in [0.4, 0.5) is 0 Å². The van der Waals surface area contributed by atoms with Crippen molar-refractivity contribution in [3.05, 3.63) is 35.8 Å². The average molecular weight is 336 g/mol. The molecule has 2 aromatic heterocycles. The van der Waals surface area contributed by atoms with Crippen LogP contribution in [0.2, 0.25) is 0 Å². The van der Waals surface area contributed by atoms with E-state index in [2.05, 4.69) is 40.7 Å². The molecule has 3 heterocycles. The van der Waals surface area contributed by atoms with Crippen LogP contribution in [-0.2, 0) is 16.6 Å². The van der Waals surface area contributed by atoms with E-state index in [1.165, 1.54) is 11.8 Å². The third kappa shape index (κ3) is 3.57. The number of aryl methyl sites for hydroxylation is 1. The SMILES string of the molecule is Cc1ccn2c(CN[C@H]3CCN(S(C)(=O)=O)C[C@H]3C)cnc2c1. The Morgan fingerprint density at radius 1 is 1.43 bits per heavy atom. The molecule has 2 atom stereocenters. The monoisotopic (exact) mass is 336 g/mol. The summed E-state index contributed by atoms with van der Waals surface area (Å²) in [6.45, 7) is 6.07. The van der Waals surface area contributed by atoms with E-state index in [-0.39, 0.29) is 0 Å². The average Bonchev–Trinajstić information content (AvgIpc) is 2.87. The molecule has 23 heavy (non-hydrogen) atoms. The zero-order chi connectivity index (χ0) is 16.6. The van der Waals surface area contributed by atoms with Gasteiger partial charge in [-0.1, -0.05) is 6.92 Å². The number of fused-ring (bicyclic) bond motifs is 1. The third-order valence-corrected chi connectivity index (χ3v) is 5.90. The maximum atomic E-state index is 11.7. The lowest BCUT2D eigenvalue weighted by atomic mass is 9.95. The molecule has 126 valence electrons. The molecule has 1 N–H and O–H groups in total. The standard InChI is InChI=1S/C16H24N4O2S/c1-12-4-7-20-14(10-18-16(20)8-12)9-17-15-5-6-19(11-13(15)2)23(3,21)22/h4,7-8,10,13,15,17H,5-6,9,11H2,1-3H3/t13-,15+/m1/s1. The quantitative estimate of drug-likeness (QED) is 0.916. The van der Waals surface area contributed by atoms with Crippen LogP contribution in [0.25, 0.3) is 5.65 Å². The molecule has 0 spiro atoms. The number of aromatic nitrogens is 2. The molecule has 1 aliphatic heterocycles. The highest BCUT2D eigenvalue weighted by atomic mass is 32.2. The summed E-state index contributed by atoms with van der Waals surface area (Å²) in [5.74, 6) is 0.292. The van der Waals surface area contributed by atoms with Crippen molar-refractivity contribution in [1.82, 2.24) is 19.0 Å². The lowest BCUT2D eigenvalue weighted by Gasteiger charge is -2.36. The molecule has 0 aliphatic carbocycles. The number of hydrogen-bond donors (Lipinski definition) is 1. The Bertz CT molecular complexity index is 800. The Hall–Kier alpha value is -1.44. The van der Waals surface area contributed by atoms with Crippen LogP contribution in [0.15, 0.2) is 24.5 Å². The van der Waals surface area contributed by atoms with E-state index in [0.29, 0.717) is 25.0 Å². The zero-order valence-electron chi connectivity index (χ0n) is 13.9. The fourth-order valence-electron chi connectivity index (χ4n) is 3.21. The van der Waals surface area contributed by atoms with Crippen LogP contribution >= 0.6 is 0 Å². The number of pyridine rings is 1. The van der Waals surface area contributed by atoms with Crippen molar-refractivity contribution in [3.63, 3.8) is 0 Å². The van der Waals surface area contributed by atoms with Crippen molar-refractivity contribution in [2.75, 3.05) is 19.3 Å². The van der Waals surface area contributed by atoms with Gasteiger partial charge in [0.25, 0.3) is 0 Å². The van der Waals surface area contributed by atoms with Gasteiger partial charge in [0, 0.05) is 31.9 Å². The van der Waals surface area contributed by atoms with E-state index in [9.17, 15) is 8.42 Å². The Kier molecular flexibility index (Phi) is 4.44. The van der Waals surface area contributed by atoms with Crippen LogP contribution in [0.3, 0.4) is 0 Å². The molecule has 0 aromatic carbocycles. The van der Waals surface area contributed by atoms with Gasteiger partial charge >= 0.3 is 0 Å². The minimum atomic E-state index is -3.08. The summed E-state index contributed by atoms with van der Waals surface area (Å²) in [4.78, 5) is 4.44. The highest BCUT2D eigenvalue weighted by Crippen LogP contribution is 2.19. The minimum absolute atomic E-state index is 0.292. The third-order valence-electron chi connectivity index (χ3n) is 4.63. The Labute approximate surface area is 137 Å². The van der Waals surface area contributed by atoms with Crippen LogP contribution in [0, 0.1) is 12.8 Å². The highest BCUT2D eigenvalue weighted by Gasteiger charge is 2.30. The summed E-state index contributed by atoms with van der Waals surface area (Å²) < 4.78 is 27.0. The molecule has 2 aromatic rings. The summed E-state index contributed by atoms with van der Waals surface area (Å²) in [6.07, 6.45) is 6.07. The van der Waals surface area contributed by atoms with E-state index in [4.69, 9.17) is 0 Å². The van der Waals surface area contributed by atoms with Crippen molar-refractivity contribution in [3.8, 4) is 0 Å². The maximum absolute atomic E-state index is 11.7. The smallest absolute Gasteiger partial charge is 0.211 e. The molecule has 0 radical (unpaired) electrons. The summed E-state index contributed by atoms with van der Waals surface area (Å²) in [7, 11) is -3.08. The first-order chi connectivity index (χ1) is 10.8. The number of sulfonamides is 1. The molecular weight excluding hydrogens is 312 g/mol. The van der Waals surface area contributed by atoms with Gasteiger partial charge in [-0.15, -0.1) is 0 Å². The molecule has 1 aliphatic rings. The van der Waals surface area contributed by atoms with Gasteiger partial charge in [0.1, 0.15) is 5.65 Å². The van der Waals surface area contributed by atoms with Gasteiger partial charge < -0.3 is 9.72 Å². The van der Waals surface area contributed by atoms with Gasteiger partial charge in [-0.3, -0.25) is 0 Å². The summed E-state index contributed by atoms with van der Waals surface area (Å²) in [5.41, 5.74) is 3.28. The lowest BCUT2D eigenvalue weighted by Crippen LogP contribution is -2.49. The van der Waals surface area contributed by atoms with Gasteiger partial charge in [0.05, 0.1) is 18.1 Å². The van der Waals surface area contributed by atoms with Gasteiger partial charge in [0.15, 0.2) is 0 Å². The van der Waals surface area contributed by atoms with Crippen LogP contribution in [0.1, 0.15) is 24.6 Å². The van der Waals surface area contributed by atoms with E-state index < -0.39 is 10.0 Å². The fraction of sp³-hybridized carbons (Fsp3) is 0.562. The van der Waals surface area contributed by atoms with Crippen molar-refractivity contribution in [1.29, 1.82) is 0 Å². The van der Waals surface area contributed by atoms with E-state index >= 15 is 0 Å². The number of rotatable bonds is 4. The minimum Gasteiger partial charge on any atom is -0.308 e. The molecule has 0 saturated carbocycles. The molecule has 6 nitrogen and oxygen atoms in total. The van der Waals surface area contributed by atoms with Crippen LogP contribution in [0.5, 0.6) is 0 Å². The molecule has 1 fully saturated rings. The number of nitrogens with zero attached hydrogens (tertiary/aromatic N) is 3. The van der Waals surface area contributed by atoms with E-state index in [1.807, 2.05) is 12.4 Å². The second kappa shape index (κ2) is 6.22. The van der Waals surface area contributed by atoms with Crippen LogP contribution < -0.4 is 5.32 Å². The fourth-order valence-corrected chi connectivity index (χ4v) is 4.16. The van der Waals surface area contributed by atoms with Gasteiger partial charge in [0.2, 0.25) is 10.0 Å². The number of imidazole rings is 1. The predicted molar refractivity (Wildman–Crippen MR) is 90.8 cm³/mol. The number of nitrogens with one attached hydrogen (secondary N) is 1. The molecule has 0 amide bonds. The first-order valence-corrected chi connectivity index (χ1v) is 9.80. The number of piperidine rings is 1. The topological polar surface area (TPSA) is 66.7 Å². The van der Waals surface area contributed by atoms with Gasteiger partial charge in [-0.25, -0.2) is 17.7 Å². The maximum Gasteiger partial charge on any atom is 0.211 e. The summed E-state index contributed by atoms with van der Waals surface area (Å²) in [6, 6.07) is 4.46. The first kappa shape index (κ1) is 16.4. The Morgan fingerprint density at radius 2 is 2.22 bits per heavy atom. The molecule has 7 heteroatoms. The zero-order valence-corrected chi connectivity index (χ0v) is 14.7. The largest absolute Gasteiger partial charge is 0.308 e. The van der Waals surface area contributed by atoms with Gasteiger partial charge in [-0.2, -0.15) is 0 Å². The van der Waals surface area contributed by atoms with Crippen molar-refractivity contribution in [2.45, 2.75) is 32.9 Å². The summed E-state index contributed by atoms with van der Waals surface area (Å²) >= 11 is 0. The van der Waals surface area contributed by atoms with Crippen molar-refractivity contribution >= 4 is 15.7 Å². The molecule has 0 bridgehead atoms. The second-order valence-corrected chi connectivity index (χ2v) is 8.54. The molecular formula is C16H24N4O2S. The van der Waals surface area contributed by atoms with Crippen molar-refractivity contribution in [2.24, 2.45) is 5.92 Å². The van der Waals surface area contributed by atoms with E-state index in [1.54, 1.807) is 4.31 Å². The Morgan fingerprint density at radius 3 is 2.91 bits per heavy atom. The summed E-state index contributed by atoms with van der Waals surface area (Å²) in [5, 5.41) is 3.57. The van der Waals surface area contributed by atoms with Crippen molar-refractivity contribution < 1.29 is 8.42 Å². The van der Waals surface area contributed by atoms with E-state index in [0.717, 1.165) is 24.3 Å². The van der Waals surface area contributed by atoms with Crippen LogP contribution in [-0.4, -0.2) is 47.5 Å². The first-order valence-electron chi connectivity index (χ1n) is 7.95. The predicted octanol–water partition coefficient (Wildman–Crippen LogP) is 1.40. The molecule has 3 rings (SSSR count). The number of hydrogen-bond acceptors (Lipinski definition) is 4. The molecule has 1 saturated heterocycles. The highest BCUT2D eigenvalue weighted by molar-refractivity contribution is 7.88. The molecule has 0 unspecified atom stereocenters. The Balaban J connectivity index is 1.64. The lowest BCUT2D eigenvalue weighted by molar-refractivity contribution is 0.219. The van der Waals surface area contributed by atoms with Gasteiger partial charge in [-0.05, 0) is 37.0 Å². The second-order valence-electron chi connectivity index (χ2n) is 6.56.